The van der Waals surface area contributed by atoms with E-state index in [1.807, 2.05) is 35.7 Å². The molecular weight excluding hydrogens is 322 g/mol. The minimum absolute atomic E-state index is 0.178. The maximum atomic E-state index is 12.5. The number of fused-ring (bicyclic) bond motifs is 1. The van der Waals surface area contributed by atoms with E-state index in [9.17, 15) is 9.90 Å². The van der Waals surface area contributed by atoms with Crippen LogP contribution < -0.4 is 10.6 Å². The van der Waals surface area contributed by atoms with Gasteiger partial charge in [0.1, 0.15) is 0 Å². The van der Waals surface area contributed by atoms with Gasteiger partial charge in [-0.15, -0.1) is 11.3 Å². The summed E-state index contributed by atoms with van der Waals surface area (Å²) < 4.78 is 0. The zero-order chi connectivity index (χ0) is 16.5. The van der Waals surface area contributed by atoms with Gasteiger partial charge in [-0.3, -0.25) is 4.79 Å². The first-order valence-electron chi connectivity index (χ1n) is 8.41. The molecule has 1 aromatic heterocycles. The summed E-state index contributed by atoms with van der Waals surface area (Å²) in [5.74, 6) is 0.906. The smallest absolute Gasteiger partial charge is 0.280 e. The molecule has 1 aromatic carbocycles. The molecule has 0 spiro atoms. The summed E-state index contributed by atoms with van der Waals surface area (Å²) in [6.07, 6.45) is 1.13. The first kappa shape index (κ1) is 15.7. The Balaban J connectivity index is 1.44. The molecule has 126 valence electrons. The van der Waals surface area contributed by atoms with Gasteiger partial charge in [0.05, 0.1) is 17.8 Å². The standard InChI is InChI=1S/C18H21N3O2S/c22-16-7-13-9-19-8-12(13)6-14(16)20-17(23)18-21-15(10-24-18)11-4-2-1-3-5-11/h1-5,10,12-14,16,19,22H,6-9H2,(H,20,23)/t12-,13+,14-,16-/m0/s1. The van der Waals surface area contributed by atoms with E-state index in [2.05, 4.69) is 15.6 Å². The van der Waals surface area contributed by atoms with Crippen LogP contribution in [0.4, 0.5) is 0 Å². The van der Waals surface area contributed by atoms with E-state index < -0.39 is 6.10 Å². The number of nitrogens with zero attached hydrogens (tertiary/aromatic N) is 1. The Morgan fingerprint density at radius 2 is 1.96 bits per heavy atom. The first-order valence-corrected chi connectivity index (χ1v) is 9.29. The van der Waals surface area contributed by atoms with E-state index in [0.717, 1.165) is 37.2 Å². The van der Waals surface area contributed by atoms with Crippen LogP contribution in [0, 0.1) is 11.8 Å². The zero-order valence-electron chi connectivity index (χ0n) is 13.3. The number of amides is 1. The van der Waals surface area contributed by atoms with Gasteiger partial charge in [-0.1, -0.05) is 30.3 Å². The molecule has 0 unspecified atom stereocenters. The number of thiazole rings is 1. The van der Waals surface area contributed by atoms with Crippen molar-refractivity contribution in [2.75, 3.05) is 13.1 Å². The first-order chi connectivity index (χ1) is 11.7. The molecule has 1 saturated heterocycles. The number of nitrogens with one attached hydrogen (secondary N) is 2. The fourth-order valence-electron chi connectivity index (χ4n) is 3.80. The van der Waals surface area contributed by atoms with Crippen LogP contribution in [0.1, 0.15) is 22.6 Å². The van der Waals surface area contributed by atoms with Crippen LogP contribution in [0.25, 0.3) is 11.3 Å². The van der Waals surface area contributed by atoms with Gasteiger partial charge in [-0.2, -0.15) is 0 Å². The van der Waals surface area contributed by atoms with E-state index >= 15 is 0 Å². The highest BCUT2D eigenvalue weighted by atomic mass is 32.1. The third kappa shape index (κ3) is 3.09. The second-order valence-corrected chi connectivity index (χ2v) is 7.56. The minimum Gasteiger partial charge on any atom is -0.391 e. The largest absolute Gasteiger partial charge is 0.391 e. The molecule has 2 aliphatic rings. The monoisotopic (exact) mass is 343 g/mol. The normalized spacial score (nSPS) is 29.2. The number of aliphatic hydroxyl groups is 1. The Morgan fingerprint density at radius 1 is 1.21 bits per heavy atom. The number of aromatic nitrogens is 1. The number of carbonyl (C=O) groups excluding carboxylic acids is 1. The molecule has 24 heavy (non-hydrogen) atoms. The summed E-state index contributed by atoms with van der Waals surface area (Å²) in [7, 11) is 0. The zero-order valence-corrected chi connectivity index (χ0v) is 14.1. The summed E-state index contributed by atoms with van der Waals surface area (Å²) in [5.41, 5.74) is 1.82. The van der Waals surface area contributed by atoms with Crippen LogP contribution in [0.3, 0.4) is 0 Å². The third-order valence-corrected chi connectivity index (χ3v) is 5.97. The predicted octanol–water partition coefficient (Wildman–Crippen LogP) is 1.90. The fourth-order valence-corrected chi connectivity index (χ4v) is 4.53. The van der Waals surface area contributed by atoms with Gasteiger partial charge in [0.15, 0.2) is 5.01 Å². The molecule has 5 nitrogen and oxygen atoms in total. The van der Waals surface area contributed by atoms with Crippen LogP contribution in [-0.4, -0.2) is 41.2 Å². The molecule has 0 bridgehead atoms. The van der Waals surface area contributed by atoms with Crippen molar-refractivity contribution in [3.63, 3.8) is 0 Å². The quantitative estimate of drug-likeness (QED) is 0.796. The highest BCUT2D eigenvalue weighted by molar-refractivity contribution is 7.12. The van der Waals surface area contributed by atoms with Gasteiger partial charge in [-0.25, -0.2) is 4.98 Å². The number of rotatable bonds is 3. The van der Waals surface area contributed by atoms with E-state index in [1.165, 1.54) is 11.3 Å². The van der Waals surface area contributed by atoms with Crippen LogP contribution >= 0.6 is 11.3 Å². The van der Waals surface area contributed by atoms with E-state index in [1.54, 1.807) is 0 Å². The fraction of sp³-hybridized carbons (Fsp3) is 0.444. The van der Waals surface area contributed by atoms with Crippen molar-refractivity contribution >= 4 is 17.2 Å². The van der Waals surface area contributed by atoms with Crippen molar-refractivity contribution < 1.29 is 9.90 Å². The van der Waals surface area contributed by atoms with E-state index in [4.69, 9.17) is 0 Å². The van der Waals surface area contributed by atoms with Gasteiger partial charge in [0.2, 0.25) is 0 Å². The van der Waals surface area contributed by atoms with Crippen molar-refractivity contribution in [3.05, 3.63) is 40.7 Å². The Labute approximate surface area is 145 Å². The van der Waals surface area contributed by atoms with Crippen LogP contribution in [0.5, 0.6) is 0 Å². The lowest BCUT2D eigenvalue weighted by molar-refractivity contribution is 0.0462. The lowest BCUT2D eigenvalue weighted by atomic mass is 9.77. The second-order valence-electron chi connectivity index (χ2n) is 6.70. The van der Waals surface area contributed by atoms with Gasteiger partial charge < -0.3 is 15.7 Å². The third-order valence-electron chi connectivity index (χ3n) is 5.13. The molecule has 2 fully saturated rings. The number of carbonyl (C=O) groups is 1. The molecule has 4 atom stereocenters. The summed E-state index contributed by atoms with van der Waals surface area (Å²) >= 11 is 1.34. The lowest BCUT2D eigenvalue weighted by Crippen LogP contribution is -2.49. The molecule has 2 heterocycles. The minimum atomic E-state index is -0.469. The van der Waals surface area contributed by atoms with Crippen LogP contribution in [-0.2, 0) is 0 Å². The number of hydrogen-bond acceptors (Lipinski definition) is 5. The van der Waals surface area contributed by atoms with Crippen LogP contribution in [0.15, 0.2) is 35.7 Å². The highest BCUT2D eigenvalue weighted by Crippen LogP contribution is 2.33. The molecule has 2 aromatic rings. The molecule has 3 N–H and O–H groups in total. The number of aliphatic hydroxyl groups excluding tert-OH is 1. The van der Waals surface area contributed by atoms with Crippen molar-refractivity contribution in [1.29, 1.82) is 0 Å². The summed E-state index contributed by atoms with van der Waals surface area (Å²) in [5, 5.41) is 19.1. The molecular formula is C18H21N3O2S. The Kier molecular flexibility index (Phi) is 4.35. The Morgan fingerprint density at radius 3 is 2.75 bits per heavy atom. The molecule has 1 aliphatic carbocycles. The van der Waals surface area contributed by atoms with Gasteiger partial charge in [0, 0.05) is 10.9 Å². The van der Waals surface area contributed by atoms with Crippen molar-refractivity contribution in [3.8, 4) is 11.3 Å². The second kappa shape index (κ2) is 6.63. The van der Waals surface area contributed by atoms with E-state index in [0.29, 0.717) is 16.8 Å². The maximum absolute atomic E-state index is 12.5. The van der Waals surface area contributed by atoms with Crippen molar-refractivity contribution in [2.24, 2.45) is 11.8 Å². The predicted molar refractivity (Wildman–Crippen MR) is 93.9 cm³/mol. The Hall–Kier alpha value is -1.76. The molecule has 4 rings (SSSR count). The van der Waals surface area contributed by atoms with E-state index in [-0.39, 0.29) is 11.9 Å². The molecule has 1 aliphatic heterocycles. The van der Waals surface area contributed by atoms with Crippen LogP contribution in [0.2, 0.25) is 0 Å². The summed E-state index contributed by atoms with van der Waals surface area (Å²) in [6, 6.07) is 9.66. The summed E-state index contributed by atoms with van der Waals surface area (Å²) in [6.45, 7) is 1.97. The summed E-state index contributed by atoms with van der Waals surface area (Å²) in [4.78, 5) is 17.0. The van der Waals surface area contributed by atoms with Crippen molar-refractivity contribution in [1.82, 2.24) is 15.6 Å². The average molecular weight is 343 g/mol. The number of hydrogen-bond donors (Lipinski definition) is 3. The molecule has 0 radical (unpaired) electrons. The van der Waals surface area contributed by atoms with Gasteiger partial charge >= 0.3 is 0 Å². The topological polar surface area (TPSA) is 74.2 Å². The Bertz CT molecular complexity index is 718. The molecule has 1 amide bonds. The molecule has 6 heteroatoms. The lowest BCUT2D eigenvalue weighted by Gasteiger charge is -2.35. The highest BCUT2D eigenvalue weighted by Gasteiger charge is 2.39. The average Bonchev–Trinajstić information content (AvgIpc) is 3.25. The SMILES string of the molecule is O=C(N[C@H]1C[C@H]2CNC[C@H]2C[C@@H]1O)c1nc(-c2ccccc2)cs1. The maximum Gasteiger partial charge on any atom is 0.280 e. The molecule has 1 saturated carbocycles. The van der Waals surface area contributed by atoms with Gasteiger partial charge in [-0.05, 0) is 37.8 Å². The van der Waals surface area contributed by atoms with Crippen molar-refractivity contribution in [2.45, 2.75) is 25.0 Å². The van der Waals surface area contributed by atoms with Gasteiger partial charge in [0.25, 0.3) is 5.91 Å². The number of benzene rings is 1.